The number of nitrogens with zero attached hydrogens (tertiary/aromatic N) is 2. The molecule has 2 aromatic rings. The SMILES string of the molecule is CC(C)CNCc1nnc(Nc2c(Br)cc(Br)cc2Br)o1. The van der Waals surface area contributed by atoms with E-state index in [1.54, 1.807) is 0 Å². The molecule has 21 heavy (non-hydrogen) atoms. The standard InChI is InChI=1S/C13H15Br3N4O/c1-7(2)5-17-6-11-19-20-13(21-11)18-12-9(15)3-8(14)4-10(12)16/h3-4,7,17H,5-6H2,1-2H3,(H,18,20). The maximum atomic E-state index is 5.56. The minimum absolute atomic E-state index is 0.361. The van der Waals surface area contributed by atoms with Gasteiger partial charge in [0.1, 0.15) is 0 Å². The predicted octanol–water partition coefficient (Wildman–Crippen LogP) is 4.85. The molecule has 0 spiro atoms. The van der Waals surface area contributed by atoms with Gasteiger partial charge >= 0.3 is 6.01 Å². The molecule has 8 heteroatoms. The first-order valence-corrected chi connectivity index (χ1v) is 8.78. The first kappa shape index (κ1) is 16.9. The van der Waals surface area contributed by atoms with Crippen molar-refractivity contribution in [1.29, 1.82) is 0 Å². The lowest BCUT2D eigenvalue weighted by Gasteiger charge is -2.08. The van der Waals surface area contributed by atoms with Gasteiger partial charge in [-0.15, -0.1) is 5.10 Å². The summed E-state index contributed by atoms with van der Waals surface area (Å²) in [5.41, 5.74) is 0.837. The van der Waals surface area contributed by atoms with Crippen molar-refractivity contribution >= 4 is 59.5 Å². The maximum absolute atomic E-state index is 5.56. The molecule has 0 saturated heterocycles. The molecule has 5 nitrogen and oxygen atoms in total. The topological polar surface area (TPSA) is 63.0 Å². The highest BCUT2D eigenvalue weighted by atomic mass is 79.9. The average Bonchev–Trinajstić information content (AvgIpc) is 2.81. The third-order valence-electron chi connectivity index (χ3n) is 2.53. The van der Waals surface area contributed by atoms with Crippen molar-refractivity contribution in [2.45, 2.75) is 20.4 Å². The van der Waals surface area contributed by atoms with Gasteiger partial charge in [0.25, 0.3) is 0 Å². The van der Waals surface area contributed by atoms with Gasteiger partial charge in [0.15, 0.2) is 0 Å². The van der Waals surface area contributed by atoms with E-state index in [0.717, 1.165) is 25.7 Å². The molecule has 0 unspecified atom stereocenters. The van der Waals surface area contributed by atoms with Gasteiger partial charge in [-0.3, -0.25) is 0 Å². The molecule has 2 N–H and O–H groups in total. The lowest BCUT2D eigenvalue weighted by Crippen LogP contribution is -2.19. The molecule has 0 saturated carbocycles. The van der Waals surface area contributed by atoms with Crippen molar-refractivity contribution in [2.75, 3.05) is 11.9 Å². The number of benzene rings is 1. The summed E-state index contributed by atoms with van der Waals surface area (Å²) in [6.45, 7) is 5.78. The molecular weight excluding hydrogens is 468 g/mol. The third kappa shape index (κ3) is 5.05. The zero-order chi connectivity index (χ0) is 15.4. The zero-order valence-corrected chi connectivity index (χ0v) is 16.3. The number of anilines is 2. The Morgan fingerprint density at radius 3 is 2.43 bits per heavy atom. The van der Waals surface area contributed by atoms with E-state index in [-0.39, 0.29) is 0 Å². The number of hydrogen-bond donors (Lipinski definition) is 2. The van der Waals surface area contributed by atoms with Crippen LogP contribution in [0.15, 0.2) is 30.0 Å². The Bertz CT molecular complexity index is 592. The second kappa shape index (κ2) is 7.71. The van der Waals surface area contributed by atoms with Crippen LogP contribution in [0.1, 0.15) is 19.7 Å². The summed E-state index contributed by atoms with van der Waals surface area (Å²) in [6.07, 6.45) is 0. The van der Waals surface area contributed by atoms with Crippen LogP contribution in [0.5, 0.6) is 0 Å². The van der Waals surface area contributed by atoms with Crippen LogP contribution in [0, 0.1) is 5.92 Å². The normalized spacial score (nSPS) is 11.1. The summed E-state index contributed by atoms with van der Waals surface area (Å²) in [6, 6.07) is 4.24. The Morgan fingerprint density at radius 1 is 1.14 bits per heavy atom. The van der Waals surface area contributed by atoms with Gasteiger partial charge in [-0.05, 0) is 56.5 Å². The van der Waals surface area contributed by atoms with Crippen LogP contribution in [0.3, 0.4) is 0 Å². The van der Waals surface area contributed by atoms with Crippen molar-refractivity contribution in [3.63, 3.8) is 0 Å². The fourth-order valence-electron chi connectivity index (χ4n) is 1.61. The minimum Gasteiger partial charge on any atom is -0.406 e. The number of halogens is 3. The zero-order valence-electron chi connectivity index (χ0n) is 11.6. The summed E-state index contributed by atoms with van der Waals surface area (Å²) in [5.74, 6) is 1.14. The van der Waals surface area contributed by atoms with Crippen LogP contribution in [0.2, 0.25) is 0 Å². The van der Waals surface area contributed by atoms with Crippen LogP contribution in [0.4, 0.5) is 11.7 Å². The molecular formula is C13H15Br3N4O. The Labute approximate surface area is 148 Å². The molecule has 2 rings (SSSR count). The number of rotatable bonds is 6. The molecule has 0 aliphatic carbocycles. The summed E-state index contributed by atoms with van der Waals surface area (Å²) in [4.78, 5) is 0. The lowest BCUT2D eigenvalue weighted by molar-refractivity contribution is 0.460. The molecule has 0 radical (unpaired) electrons. The van der Waals surface area contributed by atoms with Gasteiger partial charge in [0.05, 0.1) is 12.2 Å². The Balaban J connectivity index is 2.03. The Kier molecular flexibility index (Phi) is 6.21. The van der Waals surface area contributed by atoms with Crippen molar-refractivity contribution in [3.8, 4) is 0 Å². The van der Waals surface area contributed by atoms with E-state index < -0.39 is 0 Å². The fraction of sp³-hybridized carbons (Fsp3) is 0.385. The van der Waals surface area contributed by atoms with E-state index in [1.165, 1.54) is 0 Å². The molecule has 1 heterocycles. The van der Waals surface area contributed by atoms with Gasteiger partial charge in [-0.1, -0.05) is 34.9 Å². The third-order valence-corrected chi connectivity index (χ3v) is 4.24. The summed E-state index contributed by atoms with van der Waals surface area (Å²) in [5, 5.41) is 14.4. The Hall–Kier alpha value is -0.440. The van der Waals surface area contributed by atoms with Gasteiger partial charge < -0.3 is 15.1 Å². The number of hydrogen-bond acceptors (Lipinski definition) is 5. The predicted molar refractivity (Wildman–Crippen MR) is 93.7 cm³/mol. The van der Waals surface area contributed by atoms with Gasteiger partial charge in [0, 0.05) is 13.4 Å². The van der Waals surface area contributed by atoms with E-state index in [2.05, 4.69) is 82.5 Å². The number of aromatic nitrogens is 2. The van der Waals surface area contributed by atoms with Crippen molar-refractivity contribution < 1.29 is 4.42 Å². The number of nitrogens with one attached hydrogen (secondary N) is 2. The monoisotopic (exact) mass is 480 g/mol. The van der Waals surface area contributed by atoms with E-state index in [9.17, 15) is 0 Å². The molecule has 1 aromatic carbocycles. The highest BCUT2D eigenvalue weighted by molar-refractivity contribution is 9.11. The largest absolute Gasteiger partial charge is 0.406 e. The highest BCUT2D eigenvalue weighted by Gasteiger charge is 2.11. The second-order valence-corrected chi connectivity index (χ2v) is 7.52. The maximum Gasteiger partial charge on any atom is 0.320 e. The van der Waals surface area contributed by atoms with Gasteiger partial charge in [-0.25, -0.2) is 0 Å². The molecule has 114 valence electrons. The van der Waals surface area contributed by atoms with Crippen LogP contribution < -0.4 is 10.6 Å². The van der Waals surface area contributed by atoms with Crippen LogP contribution in [-0.2, 0) is 6.54 Å². The second-order valence-electron chi connectivity index (χ2n) is 4.90. The summed E-state index contributed by atoms with van der Waals surface area (Å²) >= 11 is 10.4. The molecule has 0 aliphatic heterocycles. The van der Waals surface area contributed by atoms with Crippen LogP contribution >= 0.6 is 47.8 Å². The van der Waals surface area contributed by atoms with E-state index in [4.69, 9.17) is 4.42 Å². The first-order valence-electron chi connectivity index (χ1n) is 6.40. The highest BCUT2D eigenvalue weighted by Crippen LogP contribution is 2.35. The molecule has 0 fully saturated rings. The van der Waals surface area contributed by atoms with Gasteiger partial charge in [-0.2, -0.15) is 0 Å². The smallest absolute Gasteiger partial charge is 0.320 e. The molecule has 0 bridgehead atoms. The molecule has 0 aliphatic rings. The molecule has 0 atom stereocenters. The van der Waals surface area contributed by atoms with Crippen LogP contribution in [0.25, 0.3) is 0 Å². The minimum atomic E-state index is 0.361. The summed E-state index contributed by atoms with van der Waals surface area (Å²) < 4.78 is 8.31. The fourth-order valence-corrected chi connectivity index (χ4v) is 4.07. The van der Waals surface area contributed by atoms with Crippen molar-refractivity contribution in [3.05, 3.63) is 31.4 Å². The average molecular weight is 483 g/mol. The first-order chi connectivity index (χ1) is 9.95. The quantitative estimate of drug-likeness (QED) is 0.616. The van der Waals surface area contributed by atoms with Gasteiger partial charge in [0.2, 0.25) is 5.89 Å². The molecule has 0 amide bonds. The van der Waals surface area contributed by atoms with E-state index >= 15 is 0 Å². The Morgan fingerprint density at radius 2 is 1.81 bits per heavy atom. The lowest BCUT2D eigenvalue weighted by atomic mass is 10.2. The van der Waals surface area contributed by atoms with Crippen molar-refractivity contribution in [1.82, 2.24) is 15.5 Å². The molecule has 1 aromatic heterocycles. The van der Waals surface area contributed by atoms with E-state index in [0.29, 0.717) is 24.4 Å². The van der Waals surface area contributed by atoms with E-state index in [1.807, 2.05) is 12.1 Å². The van der Waals surface area contributed by atoms with Crippen molar-refractivity contribution in [2.24, 2.45) is 5.92 Å². The van der Waals surface area contributed by atoms with Crippen LogP contribution in [-0.4, -0.2) is 16.7 Å². The summed E-state index contributed by atoms with van der Waals surface area (Å²) in [7, 11) is 0.